The minimum Gasteiger partial charge on any atom is -0.350 e. The van der Waals surface area contributed by atoms with Crippen molar-refractivity contribution in [3.05, 3.63) is 35.4 Å². The highest BCUT2D eigenvalue weighted by molar-refractivity contribution is 5.92. The van der Waals surface area contributed by atoms with Crippen molar-refractivity contribution in [3.8, 4) is 11.8 Å². The molecular weight excluding hydrogens is 512 g/mol. The Morgan fingerprint density at radius 3 is 2.05 bits per heavy atom. The standard InChI is InChI=1S/C34H52N4O3/c1-25(2)23-29(36-33(41)38-21-11-6-7-12-22-38)31(39)35-30(32(40)37-34(3,4)5)24-28-19-17-27(18-20-28)16-15-26-13-9-8-10-14-26/h17-20,25-26,29-30H,6-14,21-24H2,1-5H3,(H,35,39)(H,36,41)(H,37,40)/t29-,30-/m0/s1. The molecule has 2 aliphatic rings. The molecule has 1 aliphatic carbocycles. The Morgan fingerprint density at radius 2 is 1.46 bits per heavy atom. The third-order valence-electron chi connectivity index (χ3n) is 7.77. The van der Waals surface area contributed by atoms with Gasteiger partial charge in [0.05, 0.1) is 0 Å². The van der Waals surface area contributed by atoms with Crippen molar-refractivity contribution in [2.75, 3.05) is 13.1 Å². The Labute approximate surface area is 248 Å². The van der Waals surface area contributed by atoms with E-state index in [-0.39, 0.29) is 23.8 Å². The third-order valence-corrected chi connectivity index (χ3v) is 7.77. The molecule has 4 amide bonds. The highest BCUT2D eigenvalue weighted by Crippen LogP contribution is 2.23. The van der Waals surface area contributed by atoms with Crippen LogP contribution >= 0.6 is 0 Å². The second-order valence-corrected chi connectivity index (χ2v) is 13.3. The van der Waals surface area contributed by atoms with E-state index in [0.29, 0.717) is 31.8 Å². The van der Waals surface area contributed by atoms with Crippen LogP contribution in [0.1, 0.15) is 110 Å². The van der Waals surface area contributed by atoms with Crippen LogP contribution in [0.3, 0.4) is 0 Å². The lowest BCUT2D eigenvalue weighted by Crippen LogP contribution is -2.58. The predicted molar refractivity (Wildman–Crippen MR) is 165 cm³/mol. The predicted octanol–water partition coefficient (Wildman–Crippen LogP) is 5.56. The number of nitrogens with one attached hydrogen (secondary N) is 3. The largest absolute Gasteiger partial charge is 0.350 e. The summed E-state index contributed by atoms with van der Waals surface area (Å²) in [5.74, 6) is 6.86. The van der Waals surface area contributed by atoms with Crippen LogP contribution in [0.4, 0.5) is 4.79 Å². The van der Waals surface area contributed by atoms with Gasteiger partial charge in [0.15, 0.2) is 0 Å². The van der Waals surface area contributed by atoms with Crippen LogP contribution in [0.5, 0.6) is 0 Å². The average Bonchev–Trinajstić information content (AvgIpc) is 3.21. The number of urea groups is 1. The van der Waals surface area contributed by atoms with Gasteiger partial charge >= 0.3 is 6.03 Å². The Bertz CT molecular complexity index is 1050. The monoisotopic (exact) mass is 564 g/mol. The van der Waals surface area contributed by atoms with E-state index < -0.39 is 17.6 Å². The minimum atomic E-state index is -0.773. The van der Waals surface area contributed by atoms with Gasteiger partial charge in [-0.05, 0) is 76.5 Å². The van der Waals surface area contributed by atoms with E-state index >= 15 is 0 Å². The van der Waals surface area contributed by atoms with Crippen LogP contribution < -0.4 is 16.0 Å². The molecule has 226 valence electrons. The van der Waals surface area contributed by atoms with E-state index in [9.17, 15) is 14.4 Å². The third kappa shape index (κ3) is 11.8. The molecule has 2 atom stereocenters. The summed E-state index contributed by atoms with van der Waals surface area (Å²) in [6, 6.07) is 6.28. The lowest BCUT2D eigenvalue weighted by Gasteiger charge is -2.29. The van der Waals surface area contributed by atoms with Crippen molar-refractivity contribution in [1.82, 2.24) is 20.9 Å². The summed E-state index contributed by atoms with van der Waals surface area (Å²) in [7, 11) is 0. The number of carbonyl (C=O) groups excluding carboxylic acids is 3. The highest BCUT2D eigenvalue weighted by Gasteiger charge is 2.30. The van der Waals surface area contributed by atoms with Crippen LogP contribution in [0.2, 0.25) is 0 Å². The van der Waals surface area contributed by atoms with Gasteiger partial charge in [-0.1, -0.05) is 69.9 Å². The molecule has 7 nitrogen and oxygen atoms in total. The molecule has 1 saturated carbocycles. The van der Waals surface area contributed by atoms with E-state index in [1.165, 1.54) is 32.1 Å². The van der Waals surface area contributed by atoms with Gasteiger partial charge in [-0.15, -0.1) is 0 Å². The lowest BCUT2D eigenvalue weighted by atomic mass is 9.89. The summed E-state index contributed by atoms with van der Waals surface area (Å²) in [5.41, 5.74) is 1.46. The number of hydrogen-bond acceptors (Lipinski definition) is 3. The maximum absolute atomic E-state index is 13.6. The van der Waals surface area contributed by atoms with Gasteiger partial charge in [-0.2, -0.15) is 0 Å². The van der Waals surface area contributed by atoms with Gasteiger partial charge < -0.3 is 20.9 Å². The van der Waals surface area contributed by atoms with Gasteiger partial charge in [0.25, 0.3) is 0 Å². The van der Waals surface area contributed by atoms with Gasteiger partial charge in [0.2, 0.25) is 11.8 Å². The molecule has 3 N–H and O–H groups in total. The van der Waals surface area contributed by atoms with Gasteiger partial charge in [0, 0.05) is 36.5 Å². The zero-order valence-corrected chi connectivity index (χ0v) is 26.0. The first kappa shape index (κ1) is 32.5. The van der Waals surface area contributed by atoms with Gasteiger partial charge in [-0.3, -0.25) is 9.59 Å². The molecule has 1 aromatic rings. The molecule has 1 heterocycles. The lowest BCUT2D eigenvalue weighted by molar-refractivity contribution is -0.130. The Hall–Kier alpha value is -3.01. The zero-order valence-electron chi connectivity index (χ0n) is 26.0. The average molecular weight is 565 g/mol. The number of likely N-dealkylation sites (tertiary alicyclic amines) is 1. The molecular formula is C34H52N4O3. The Kier molecular flexibility index (Phi) is 12.6. The van der Waals surface area contributed by atoms with Crippen molar-refractivity contribution in [3.63, 3.8) is 0 Å². The SMILES string of the molecule is CC(C)C[C@H](NC(=O)N1CCCCCC1)C(=O)N[C@@H](Cc1ccc(C#CC2CCCCC2)cc1)C(=O)NC(C)(C)C. The number of nitrogens with zero attached hydrogens (tertiary/aromatic N) is 1. The van der Waals surface area contributed by atoms with E-state index in [4.69, 9.17) is 0 Å². The van der Waals surface area contributed by atoms with Crippen molar-refractivity contribution in [2.45, 2.75) is 123 Å². The van der Waals surface area contributed by atoms with E-state index in [0.717, 1.165) is 36.8 Å². The first-order chi connectivity index (χ1) is 19.5. The molecule has 1 aromatic carbocycles. The van der Waals surface area contributed by atoms with Crippen LogP contribution in [0.25, 0.3) is 0 Å². The van der Waals surface area contributed by atoms with Crippen molar-refractivity contribution in [1.29, 1.82) is 0 Å². The second kappa shape index (κ2) is 15.8. The van der Waals surface area contributed by atoms with Crippen molar-refractivity contribution < 1.29 is 14.4 Å². The minimum absolute atomic E-state index is 0.194. The zero-order chi connectivity index (χ0) is 29.8. The number of carbonyl (C=O) groups is 3. The summed E-state index contributed by atoms with van der Waals surface area (Å²) < 4.78 is 0. The van der Waals surface area contributed by atoms with E-state index in [1.54, 1.807) is 0 Å². The maximum Gasteiger partial charge on any atom is 0.318 e. The van der Waals surface area contributed by atoms with E-state index in [2.05, 4.69) is 27.8 Å². The second-order valence-electron chi connectivity index (χ2n) is 13.3. The summed E-state index contributed by atoms with van der Waals surface area (Å²) in [6.07, 6.45) is 11.3. The number of benzene rings is 1. The maximum atomic E-state index is 13.6. The Morgan fingerprint density at radius 1 is 0.854 bits per heavy atom. The van der Waals surface area contributed by atoms with Gasteiger partial charge in [0.1, 0.15) is 12.1 Å². The summed E-state index contributed by atoms with van der Waals surface area (Å²) in [4.78, 5) is 41.8. The molecule has 0 radical (unpaired) electrons. The van der Waals surface area contributed by atoms with Crippen molar-refractivity contribution in [2.24, 2.45) is 11.8 Å². The molecule has 2 fully saturated rings. The fraction of sp³-hybridized carbons (Fsp3) is 0.676. The fourth-order valence-corrected chi connectivity index (χ4v) is 5.55. The number of amides is 4. The van der Waals surface area contributed by atoms with Crippen LogP contribution in [0.15, 0.2) is 24.3 Å². The Balaban J connectivity index is 1.71. The fourth-order valence-electron chi connectivity index (χ4n) is 5.55. The summed E-state index contributed by atoms with van der Waals surface area (Å²) in [6.45, 7) is 11.2. The number of rotatable bonds is 8. The molecule has 41 heavy (non-hydrogen) atoms. The topological polar surface area (TPSA) is 90.5 Å². The molecule has 3 rings (SSSR count). The van der Waals surface area contributed by atoms with Crippen LogP contribution in [-0.2, 0) is 16.0 Å². The van der Waals surface area contributed by atoms with Gasteiger partial charge in [-0.25, -0.2) is 4.79 Å². The molecule has 0 aromatic heterocycles. The van der Waals surface area contributed by atoms with E-state index in [1.807, 2.05) is 63.8 Å². The molecule has 0 spiro atoms. The smallest absolute Gasteiger partial charge is 0.318 e. The van der Waals surface area contributed by atoms with Crippen molar-refractivity contribution >= 4 is 17.8 Å². The summed E-state index contributed by atoms with van der Waals surface area (Å²) in [5, 5.41) is 8.98. The van der Waals surface area contributed by atoms with Crippen LogP contribution in [-0.4, -0.2) is 53.5 Å². The molecule has 0 unspecified atom stereocenters. The first-order valence-corrected chi connectivity index (χ1v) is 15.8. The highest BCUT2D eigenvalue weighted by atomic mass is 16.2. The molecule has 1 saturated heterocycles. The molecule has 0 bridgehead atoms. The normalized spacial score (nSPS) is 18.0. The quantitative estimate of drug-likeness (QED) is 0.361. The molecule has 1 aliphatic heterocycles. The molecule has 7 heteroatoms. The summed E-state index contributed by atoms with van der Waals surface area (Å²) >= 11 is 0. The van der Waals surface area contributed by atoms with Crippen LogP contribution in [0, 0.1) is 23.7 Å². The first-order valence-electron chi connectivity index (χ1n) is 15.8. The number of hydrogen-bond donors (Lipinski definition) is 3.